The number of hydrogen-bond acceptors (Lipinski definition) is 2. The number of rotatable bonds is 0. The van der Waals surface area contributed by atoms with Crippen molar-refractivity contribution in [2.24, 2.45) is 0 Å². The molecule has 1 aromatic rings. The Kier molecular flexibility index (Phi) is 1.01. The molecule has 1 rings (SSSR count). The van der Waals surface area contributed by atoms with Gasteiger partial charge >= 0.3 is 0 Å². The molecule has 0 aromatic carbocycles. The smallest absolute Gasteiger partial charge is 0.272 e. The molecule has 0 aliphatic heterocycles. The number of hydrogen-bond donors (Lipinski definition) is 1. The molecule has 0 saturated carbocycles. The predicted octanol–water partition coefficient (Wildman–Crippen LogP) is -0.930. The first kappa shape index (κ1) is 5.22. The normalized spacial score (nSPS) is 9.62. The maximum atomic E-state index is 10.4. The van der Waals surface area contributed by atoms with Gasteiger partial charge in [-0.15, -0.1) is 0 Å². The van der Waals surface area contributed by atoms with Crippen molar-refractivity contribution in [2.75, 3.05) is 0 Å². The molecule has 0 aliphatic rings. The standard InChI is InChI=1S/C4H4BNO2/c1-2-3(5)4(7)6-8-2/h1H3,(H,6,7). The lowest BCUT2D eigenvalue weighted by Gasteiger charge is -1.75. The molecule has 0 bridgehead atoms. The second-order valence-electron chi connectivity index (χ2n) is 1.50. The molecule has 8 heavy (non-hydrogen) atoms. The third-order valence-corrected chi connectivity index (χ3v) is 0.921. The molecule has 1 N–H and O–H groups in total. The largest absolute Gasteiger partial charge is 0.384 e. The first-order chi connectivity index (χ1) is 3.72. The first-order valence-corrected chi connectivity index (χ1v) is 2.15. The van der Waals surface area contributed by atoms with Crippen LogP contribution in [0.5, 0.6) is 0 Å². The monoisotopic (exact) mass is 109 g/mol. The van der Waals surface area contributed by atoms with Crippen molar-refractivity contribution in [1.82, 2.24) is 5.16 Å². The van der Waals surface area contributed by atoms with Crippen molar-refractivity contribution in [2.45, 2.75) is 6.92 Å². The van der Waals surface area contributed by atoms with Gasteiger partial charge in [-0.3, -0.25) is 4.79 Å². The second kappa shape index (κ2) is 1.54. The van der Waals surface area contributed by atoms with Crippen LogP contribution in [0.15, 0.2) is 9.32 Å². The van der Waals surface area contributed by atoms with E-state index < -0.39 is 0 Å². The van der Waals surface area contributed by atoms with Crippen molar-refractivity contribution in [1.29, 1.82) is 0 Å². The number of nitrogens with one attached hydrogen (secondary N) is 1. The van der Waals surface area contributed by atoms with Gasteiger partial charge in [-0.05, 0) is 6.92 Å². The Balaban J connectivity index is 3.41. The minimum Gasteiger partial charge on any atom is -0.384 e. The topological polar surface area (TPSA) is 46.0 Å². The summed E-state index contributed by atoms with van der Waals surface area (Å²) >= 11 is 0. The highest BCUT2D eigenvalue weighted by Crippen LogP contribution is 1.79. The summed E-state index contributed by atoms with van der Waals surface area (Å²) in [4.78, 5) is 10.4. The third kappa shape index (κ3) is 0.578. The first-order valence-electron chi connectivity index (χ1n) is 2.15. The van der Waals surface area contributed by atoms with Crippen LogP contribution in [-0.2, 0) is 0 Å². The van der Waals surface area contributed by atoms with E-state index in [2.05, 4.69) is 9.68 Å². The number of aromatic nitrogens is 1. The number of H-pyrrole nitrogens is 1. The van der Waals surface area contributed by atoms with Gasteiger partial charge in [0.1, 0.15) is 13.6 Å². The van der Waals surface area contributed by atoms with E-state index in [0.717, 1.165) is 0 Å². The summed E-state index contributed by atoms with van der Waals surface area (Å²) < 4.78 is 4.53. The van der Waals surface area contributed by atoms with Gasteiger partial charge in [0.25, 0.3) is 5.56 Å². The number of aryl methyl sites for hydroxylation is 1. The van der Waals surface area contributed by atoms with E-state index in [1.165, 1.54) is 0 Å². The molecular weight excluding hydrogens is 105 g/mol. The fourth-order valence-electron chi connectivity index (χ4n) is 0.393. The molecule has 1 aromatic heterocycles. The third-order valence-electron chi connectivity index (χ3n) is 0.921. The molecule has 0 saturated heterocycles. The van der Waals surface area contributed by atoms with Crippen LogP contribution in [0.4, 0.5) is 0 Å². The molecule has 1 heterocycles. The zero-order valence-corrected chi connectivity index (χ0v) is 4.39. The van der Waals surface area contributed by atoms with E-state index in [4.69, 9.17) is 7.85 Å². The Labute approximate surface area is 47.1 Å². The van der Waals surface area contributed by atoms with Crippen LogP contribution in [-0.4, -0.2) is 13.0 Å². The summed E-state index contributed by atoms with van der Waals surface area (Å²) in [7, 11) is 5.16. The Bertz CT molecular complexity index is 236. The van der Waals surface area contributed by atoms with Gasteiger partial charge in [0.15, 0.2) is 0 Å². The summed E-state index contributed by atoms with van der Waals surface area (Å²) in [5.74, 6) is 0.440. The molecule has 2 radical (unpaired) electrons. The molecule has 4 heteroatoms. The minimum absolute atomic E-state index is 0.157. The highest BCUT2D eigenvalue weighted by atomic mass is 16.5. The molecule has 0 fully saturated rings. The Morgan fingerprint density at radius 3 is 2.50 bits per heavy atom. The average molecular weight is 109 g/mol. The van der Waals surface area contributed by atoms with Crippen molar-refractivity contribution in [3.8, 4) is 0 Å². The highest BCUT2D eigenvalue weighted by Gasteiger charge is 1.97. The van der Waals surface area contributed by atoms with Crippen LogP contribution >= 0.6 is 0 Å². The summed E-state index contributed by atoms with van der Waals surface area (Å²) in [5.41, 5.74) is -0.201. The van der Waals surface area contributed by atoms with E-state index in [1.807, 2.05) is 0 Å². The molecule has 40 valence electrons. The Hall–Kier alpha value is -0.925. The van der Waals surface area contributed by atoms with Crippen LogP contribution in [0.25, 0.3) is 0 Å². The van der Waals surface area contributed by atoms with E-state index >= 15 is 0 Å². The Morgan fingerprint density at radius 1 is 1.75 bits per heavy atom. The van der Waals surface area contributed by atoms with Gasteiger partial charge in [0, 0.05) is 5.46 Å². The SMILES string of the molecule is [B]c1c(C)o[nH]c1=O. The minimum atomic E-state index is -0.359. The van der Waals surface area contributed by atoms with Crippen LogP contribution in [0.2, 0.25) is 0 Å². The van der Waals surface area contributed by atoms with Gasteiger partial charge in [-0.2, -0.15) is 5.16 Å². The van der Waals surface area contributed by atoms with Crippen molar-refractivity contribution in [3.63, 3.8) is 0 Å². The van der Waals surface area contributed by atoms with E-state index in [1.54, 1.807) is 6.92 Å². The zero-order valence-electron chi connectivity index (χ0n) is 4.39. The Morgan fingerprint density at radius 2 is 2.38 bits per heavy atom. The van der Waals surface area contributed by atoms with E-state index in [0.29, 0.717) is 5.76 Å². The molecule has 0 spiro atoms. The fraction of sp³-hybridized carbons (Fsp3) is 0.250. The van der Waals surface area contributed by atoms with Crippen LogP contribution in [0, 0.1) is 6.92 Å². The lowest BCUT2D eigenvalue weighted by molar-refractivity contribution is 0.393. The van der Waals surface area contributed by atoms with E-state index in [9.17, 15) is 4.79 Å². The molecule has 3 nitrogen and oxygen atoms in total. The molecule has 0 amide bonds. The van der Waals surface area contributed by atoms with E-state index in [-0.39, 0.29) is 11.0 Å². The van der Waals surface area contributed by atoms with Gasteiger partial charge in [-0.25, -0.2) is 0 Å². The summed E-state index contributed by atoms with van der Waals surface area (Å²) in [6, 6.07) is 0. The maximum Gasteiger partial charge on any atom is 0.272 e. The van der Waals surface area contributed by atoms with Crippen molar-refractivity contribution < 1.29 is 4.52 Å². The van der Waals surface area contributed by atoms with Crippen LogP contribution in [0.3, 0.4) is 0 Å². The lowest BCUT2D eigenvalue weighted by atomic mass is 9.98. The molecule has 0 atom stereocenters. The number of aromatic amines is 1. The van der Waals surface area contributed by atoms with Crippen LogP contribution < -0.4 is 11.0 Å². The molecule has 0 unspecified atom stereocenters. The van der Waals surface area contributed by atoms with Crippen molar-refractivity contribution in [3.05, 3.63) is 16.1 Å². The summed E-state index contributed by atoms with van der Waals surface area (Å²) in [6.45, 7) is 1.62. The van der Waals surface area contributed by atoms with Gasteiger partial charge in [0.2, 0.25) is 0 Å². The quantitative estimate of drug-likeness (QED) is 0.437. The zero-order chi connectivity index (χ0) is 6.15. The molecule has 0 aliphatic carbocycles. The van der Waals surface area contributed by atoms with Gasteiger partial charge in [-0.1, -0.05) is 0 Å². The second-order valence-corrected chi connectivity index (χ2v) is 1.50. The van der Waals surface area contributed by atoms with Gasteiger partial charge < -0.3 is 4.52 Å². The lowest BCUT2D eigenvalue weighted by Crippen LogP contribution is -2.22. The summed E-state index contributed by atoms with van der Waals surface area (Å²) in [6.07, 6.45) is 0. The van der Waals surface area contributed by atoms with Crippen molar-refractivity contribution >= 4 is 13.3 Å². The molecular formula is C4H4BNO2. The fourth-order valence-corrected chi connectivity index (χ4v) is 0.393. The maximum absolute atomic E-state index is 10.4. The van der Waals surface area contributed by atoms with Crippen LogP contribution in [0.1, 0.15) is 5.76 Å². The highest BCUT2D eigenvalue weighted by molar-refractivity contribution is 6.32. The van der Waals surface area contributed by atoms with Gasteiger partial charge in [0.05, 0.1) is 0 Å². The average Bonchev–Trinajstić information content (AvgIpc) is 1.98. The predicted molar refractivity (Wildman–Crippen MR) is 29.5 cm³/mol. The summed E-state index contributed by atoms with van der Waals surface area (Å²) in [5, 5.41) is 2.08.